The lowest BCUT2D eigenvalue weighted by Crippen LogP contribution is -3.14. The zero-order valence-electron chi connectivity index (χ0n) is 11.7. The van der Waals surface area contributed by atoms with Crippen molar-refractivity contribution >= 4 is 5.97 Å². The van der Waals surface area contributed by atoms with E-state index in [4.69, 9.17) is 9.47 Å². The summed E-state index contributed by atoms with van der Waals surface area (Å²) in [6.07, 6.45) is 6.47. The van der Waals surface area contributed by atoms with Gasteiger partial charge in [-0.25, -0.2) is 0 Å². The van der Waals surface area contributed by atoms with Crippen LogP contribution >= 0.6 is 0 Å². The zero-order chi connectivity index (χ0) is 13.1. The van der Waals surface area contributed by atoms with Crippen LogP contribution < -0.4 is 4.90 Å². The van der Waals surface area contributed by atoms with Crippen molar-refractivity contribution in [2.45, 2.75) is 45.4 Å². The van der Waals surface area contributed by atoms with Gasteiger partial charge in [-0.3, -0.25) is 4.79 Å². The van der Waals surface area contributed by atoms with Gasteiger partial charge in [-0.1, -0.05) is 32.6 Å². The highest BCUT2D eigenvalue weighted by molar-refractivity contribution is 5.69. The fourth-order valence-corrected chi connectivity index (χ4v) is 2.16. The molecule has 18 heavy (non-hydrogen) atoms. The number of nitrogens with one attached hydrogen (secondary N) is 1. The number of rotatable bonds is 9. The molecule has 0 aromatic heterocycles. The summed E-state index contributed by atoms with van der Waals surface area (Å²) in [6, 6.07) is 0. The minimum Gasteiger partial charge on any atom is -0.460 e. The number of carbonyl (C=O) groups excluding carboxylic acids is 1. The predicted octanol–water partition coefficient (Wildman–Crippen LogP) is 0.805. The summed E-state index contributed by atoms with van der Waals surface area (Å²) in [7, 11) is 0. The second-order valence-electron chi connectivity index (χ2n) is 5.00. The van der Waals surface area contributed by atoms with E-state index in [0.717, 1.165) is 45.7 Å². The number of hydrogen-bond donors (Lipinski definition) is 1. The standard InChI is InChI=1S/C14H27NO3/c1-2-3-4-5-6-7-14(16)18-13-10-15-8-11-17-12-9-15/h2-13H2,1H3/p+1. The molecule has 1 rings (SSSR count). The number of hydrogen-bond acceptors (Lipinski definition) is 3. The van der Waals surface area contributed by atoms with E-state index >= 15 is 0 Å². The highest BCUT2D eigenvalue weighted by atomic mass is 16.5. The summed E-state index contributed by atoms with van der Waals surface area (Å²) in [5.74, 6) is -0.0286. The number of carbonyl (C=O) groups is 1. The summed E-state index contributed by atoms with van der Waals surface area (Å²) in [4.78, 5) is 12.9. The summed E-state index contributed by atoms with van der Waals surface area (Å²) >= 11 is 0. The van der Waals surface area contributed by atoms with Crippen LogP contribution in [-0.4, -0.2) is 45.4 Å². The Morgan fingerprint density at radius 3 is 2.61 bits per heavy atom. The average Bonchev–Trinajstić information content (AvgIpc) is 2.40. The van der Waals surface area contributed by atoms with Gasteiger partial charge in [0.1, 0.15) is 26.2 Å². The van der Waals surface area contributed by atoms with E-state index in [1.807, 2.05) is 0 Å². The molecule has 0 unspecified atom stereocenters. The van der Waals surface area contributed by atoms with E-state index in [-0.39, 0.29) is 5.97 Å². The van der Waals surface area contributed by atoms with Crippen LogP contribution in [0, 0.1) is 0 Å². The molecule has 4 heteroatoms. The van der Waals surface area contributed by atoms with Crippen LogP contribution in [0.1, 0.15) is 45.4 Å². The largest absolute Gasteiger partial charge is 0.460 e. The quantitative estimate of drug-likeness (QED) is 0.491. The van der Waals surface area contributed by atoms with Crippen molar-refractivity contribution in [2.75, 3.05) is 39.5 Å². The summed E-state index contributed by atoms with van der Waals surface area (Å²) < 4.78 is 10.5. The van der Waals surface area contributed by atoms with E-state index in [2.05, 4.69) is 6.92 Å². The smallest absolute Gasteiger partial charge is 0.305 e. The summed E-state index contributed by atoms with van der Waals surface area (Å²) in [5, 5.41) is 0. The Bertz CT molecular complexity index is 215. The molecule has 0 amide bonds. The fourth-order valence-electron chi connectivity index (χ4n) is 2.16. The molecule has 1 aliphatic rings. The second kappa shape index (κ2) is 10.3. The Balaban J connectivity index is 1.89. The number of esters is 1. The van der Waals surface area contributed by atoms with E-state index in [1.165, 1.54) is 24.2 Å². The highest BCUT2D eigenvalue weighted by Crippen LogP contribution is 2.05. The number of quaternary nitrogens is 1. The van der Waals surface area contributed by atoms with Gasteiger partial charge in [-0.05, 0) is 6.42 Å². The van der Waals surface area contributed by atoms with Crippen LogP contribution in [0.5, 0.6) is 0 Å². The third kappa shape index (κ3) is 7.67. The van der Waals surface area contributed by atoms with Crippen molar-refractivity contribution in [3.8, 4) is 0 Å². The summed E-state index contributed by atoms with van der Waals surface area (Å²) in [6.45, 7) is 7.42. The first-order valence-corrected chi connectivity index (χ1v) is 7.40. The topological polar surface area (TPSA) is 40.0 Å². The molecule has 0 radical (unpaired) electrons. The Morgan fingerprint density at radius 2 is 1.89 bits per heavy atom. The maximum Gasteiger partial charge on any atom is 0.305 e. The maximum atomic E-state index is 11.5. The number of unbranched alkanes of at least 4 members (excludes halogenated alkanes) is 4. The van der Waals surface area contributed by atoms with Crippen LogP contribution in [0.4, 0.5) is 0 Å². The molecule has 0 saturated carbocycles. The number of morpholine rings is 1. The Labute approximate surface area is 111 Å². The molecule has 4 nitrogen and oxygen atoms in total. The molecule has 0 atom stereocenters. The lowest BCUT2D eigenvalue weighted by atomic mass is 10.1. The summed E-state index contributed by atoms with van der Waals surface area (Å²) in [5.41, 5.74) is 0. The lowest BCUT2D eigenvalue weighted by molar-refractivity contribution is -0.908. The SMILES string of the molecule is CCCCCCCC(=O)OCC[NH+]1CCOCC1. The molecule has 1 saturated heterocycles. The van der Waals surface area contributed by atoms with E-state index < -0.39 is 0 Å². The van der Waals surface area contributed by atoms with Gasteiger partial charge in [0.15, 0.2) is 0 Å². The first-order chi connectivity index (χ1) is 8.83. The van der Waals surface area contributed by atoms with Gasteiger partial charge < -0.3 is 14.4 Å². The van der Waals surface area contributed by atoms with Crippen LogP contribution in [0.2, 0.25) is 0 Å². The van der Waals surface area contributed by atoms with Crippen molar-refractivity contribution in [1.29, 1.82) is 0 Å². The molecule has 106 valence electrons. The van der Waals surface area contributed by atoms with Crippen LogP contribution in [0.25, 0.3) is 0 Å². The Morgan fingerprint density at radius 1 is 1.17 bits per heavy atom. The molecule has 0 bridgehead atoms. The molecule has 1 aliphatic heterocycles. The van der Waals surface area contributed by atoms with Crippen molar-refractivity contribution in [1.82, 2.24) is 0 Å². The molecular formula is C14H28NO3+. The maximum absolute atomic E-state index is 11.5. The third-order valence-corrected chi connectivity index (χ3v) is 3.40. The van der Waals surface area contributed by atoms with Gasteiger partial charge in [0.2, 0.25) is 0 Å². The van der Waals surface area contributed by atoms with Gasteiger partial charge in [0, 0.05) is 6.42 Å². The molecule has 0 aromatic carbocycles. The van der Waals surface area contributed by atoms with E-state index in [0.29, 0.717) is 13.0 Å². The van der Waals surface area contributed by atoms with Gasteiger partial charge in [-0.2, -0.15) is 0 Å². The molecule has 0 aromatic rings. The molecule has 0 spiro atoms. The predicted molar refractivity (Wildman–Crippen MR) is 70.7 cm³/mol. The first kappa shape index (κ1) is 15.4. The molecule has 0 aliphatic carbocycles. The van der Waals surface area contributed by atoms with E-state index in [1.54, 1.807) is 0 Å². The van der Waals surface area contributed by atoms with Crippen molar-refractivity contribution in [3.05, 3.63) is 0 Å². The molecule has 1 N–H and O–H groups in total. The van der Waals surface area contributed by atoms with Crippen molar-refractivity contribution < 1.29 is 19.2 Å². The minimum absolute atomic E-state index is 0.0286. The van der Waals surface area contributed by atoms with Gasteiger partial charge in [0.25, 0.3) is 0 Å². The van der Waals surface area contributed by atoms with Crippen LogP contribution in [0.15, 0.2) is 0 Å². The first-order valence-electron chi connectivity index (χ1n) is 7.40. The fraction of sp³-hybridized carbons (Fsp3) is 0.929. The molecular weight excluding hydrogens is 230 g/mol. The molecule has 1 fully saturated rings. The van der Waals surface area contributed by atoms with Crippen molar-refractivity contribution in [2.24, 2.45) is 0 Å². The average molecular weight is 258 g/mol. The van der Waals surface area contributed by atoms with Gasteiger partial charge in [-0.15, -0.1) is 0 Å². The Kier molecular flexibility index (Phi) is 8.86. The normalized spacial score (nSPS) is 16.7. The minimum atomic E-state index is -0.0286. The van der Waals surface area contributed by atoms with Crippen molar-refractivity contribution in [3.63, 3.8) is 0 Å². The van der Waals surface area contributed by atoms with Crippen LogP contribution in [-0.2, 0) is 14.3 Å². The monoisotopic (exact) mass is 258 g/mol. The zero-order valence-corrected chi connectivity index (χ0v) is 11.7. The van der Waals surface area contributed by atoms with E-state index in [9.17, 15) is 4.79 Å². The second-order valence-corrected chi connectivity index (χ2v) is 5.00. The van der Waals surface area contributed by atoms with Gasteiger partial charge >= 0.3 is 5.97 Å². The van der Waals surface area contributed by atoms with Crippen LogP contribution in [0.3, 0.4) is 0 Å². The van der Waals surface area contributed by atoms with Gasteiger partial charge in [0.05, 0.1) is 13.2 Å². The third-order valence-electron chi connectivity index (χ3n) is 3.40. The Hall–Kier alpha value is -0.610. The highest BCUT2D eigenvalue weighted by Gasteiger charge is 2.13. The lowest BCUT2D eigenvalue weighted by Gasteiger charge is -2.23. The molecule has 1 heterocycles. The number of ether oxygens (including phenoxy) is 2.